The summed E-state index contributed by atoms with van der Waals surface area (Å²) in [5, 5.41) is 7.48. The molecule has 8 nitrogen and oxygen atoms in total. The third-order valence-corrected chi connectivity index (χ3v) is 4.67. The maximum absolute atomic E-state index is 5.45. The average Bonchev–Trinajstić information content (AvgIpc) is 3.08. The van der Waals surface area contributed by atoms with E-state index < -0.39 is 0 Å². The van der Waals surface area contributed by atoms with Gasteiger partial charge in [-0.3, -0.25) is 9.67 Å². The Balaban J connectivity index is 2.19. The van der Waals surface area contributed by atoms with Gasteiger partial charge in [0.2, 0.25) is 0 Å². The molecule has 2 rings (SSSR count). The highest BCUT2D eigenvalue weighted by Gasteiger charge is 2.23. The van der Waals surface area contributed by atoms with Crippen LogP contribution in [0.3, 0.4) is 0 Å². The highest BCUT2D eigenvalue weighted by atomic mass is 16.5. The Morgan fingerprint density at radius 2 is 1.96 bits per heavy atom. The van der Waals surface area contributed by atoms with Crippen LogP contribution in [0.2, 0.25) is 0 Å². The second-order valence-electron chi connectivity index (χ2n) is 7.28. The predicted octanol–water partition coefficient (Wildman–Crippen LogP) is 2.21. The van der Waals surface area contributed by atoms with Gasteiger partial charge < -0.3 is 19.7 Å². The van der Waals surface area contributed by atoms with Gasteiger partial charge in [-0.1, -0.05) is 19.9 Å². The normalized spacial score (nSPS) is 12.0. The molecule has 28 heavy (non-hydrogen) atoms. The smallest absolute Gasteiger partial charge is 0.194 e. The summed E-state index contributed by atoms with van der Waals surface area (Å²) in [6.45, 7) is 8.44. The van der Waals surface area contributed by atoms with Crippen LogP contribution in [0.15, 0.2) is 29.5 Å². The fourth-order valence-electron chi connectivity index (χ4n) is 2.84. The Morgan fingerprint density at radius 3 is 2.54 bits per heavy atom. The van der Waals surface area contributed by atoms with Gasteiger partial charge in [-0.2, -0.15) is 5.10 Å². The zero-order valence-electron chi connectivity index (χ0n) is 18.0. The molecule has 0 amide bonds. The minimum Gasteiger partial charge on any atom is -0.493 e. The summed E-state index contributed by atoms with van der Waals surface area (Å²) in [5.41, 5.74) is 0.965. The minimum atomic E-state index is -0.175. The second kappa shape index (κ2) is 9.43. The SMILES string of the molecule is CCNC(=NCC(C)(C)c1ccc(OC)c(OC)c1)N(C)Cc1ncnn1C. The van der Waals surface area contributed by atoms with E-state index >= 15 is 0 Å². The molecule has 0 saturated heterocycles. The number of ether oxygens (including phenoxy) is 2. The van der Waals surface area contributed by atoms with Crippen molar-refractivity contribution in [2.24, 2.45) is 12.0 Å². The van der Waals surface area contributed by atoms with Crippen LogP contribution in [0.1, 0.15) is 32.2 Å². The van der Waals surface area contributed by atoms with Crippen LogP contribution in [-0.4, -0.2) is 60.0 Å². The van der Waals surface area contributed by atoms with E-state index in [9.17, 15) is 0 Å². The molecule has 0 fully saturated rings. The first kappa shape index (κ1) is 21.5. The number of rotatable bonds is 8. The Labute approximate surface area is 167 Å². The zero-order valence-corrected chi connectivity index (χ0v) is 18.0. The third-order valence-electron chi connectivity index (χ3n) is 4.67. The van der Waals surface area contributed by atoms with Gasteiger partial charge in [0.25, 0.3) is 0 Å². The molecule has 1 aromatic heterocycles. The van der Waals surface area contributed by atoms with Gasteiger partial charge in [-0.15, -0.1) is 0 Å². The molecule has 0 bridgehead atoms. The molecule has 0 unspecified atom stereocenters. The van der Waals surface area contributed by atoms with E-state index in [0.717, 1.165) is 35.4 Å². The van der Waals surface area contributed by atoms with Crippen molar-refractivity contribution in [2.75, 3.05) is 34.4 Å². The van der Waals surface area contributed by atoms with Crippen molar-refractivity contribution in [3.05, 3.63) is 35.9 Å². The van der Waals surface area contributed by atoms with Crippen molar-refractivity contribution in [2.45, 2.75) is 32.7 Å². The molecule has 0 aliphatic heterocycles. The summed E-state index contributed by atoms with van der Waals surface area (Å²) in [7, 11) is 7.18. The third kappa shape index (κ3) is 5.15. The van der Waals surface area contributed by atoms with Crippen molar-refractivity contribution in [1.29, 1.82) is 0 Å². The highest BCUT2D eigenvalue weighted by molar-refractivity contribution is 5.79. The summed E-state index contributed by atoms with van der Waals surface area (Å²) < 4.78 is 12.6. The van der Waals surface area contributed by atoms with Crippen molar-refractivity contribution >= 4 is 5.96 Å². The lowest BCUT2D eigenvalue weighted by molar-refractivity contribution is 0.353. The van der Waals surface area contributed by atoms with Crippen LogP contribution >= 0.6 is 0 Å². The van der Waals surface area contributed by atoms with E-state index in [1.807, 2.05) is 26.2 Å². The monoisotopic (exact) mass is 388 g/mol. The van der Waals surface area contributed by atoms with Crippen LogP contribution in [0, 0.1) is 0 Å². The molecule has 0 saturated carbocycles. The molecular weight excluding hydrogens is 356 g/mol. The van der Waals surface area contributed by atoms with Gasteiger partial charge in [0, 0.05) is 26.1 Å². The van der Waals surface area contributed by atoms with Crippen LogP contribution in [0.5, 0.6) is 11.5 Å². The Morgan fingerprint density at radius 1 is 1.25 bits per heavy atom. The standard InChI is InChI=1S/C20H32N6O2/c1-8-21-19(25(4)12-18-23-14-24-26(18)5)22-13-20(2,3)15-9-10-16(27-6)17(11-15)28-7/h9-11,14H,8,12-13H2,1-7H3,(H,21,22). The molecule has 1 aromatic carbocycles. The number of hydrogen-bond acceptors (Lipinski definition) is 5. The maximum atomic E-state index is 5.45. The number of aromatic nitrogens is 3. The van der Waals surface area contributed by atoms with Crippen molar-refractivity contribution in [3.8, 4) is 11.5 Å². The predicted molar refractivity (Wildman–Crippen MR) is 111 cm³/mol. The molecule has 1 heterocycles. The Bertz CT molecular complexity index is 800. The molecule has 0 aliphatic rings. The fraction of sp³-hybridized carbons (Fsp3) is 0.550. The first-order chi connectivity index (χ1) is 13.3. The van der Waals surface area contributed by atoms with E-state index in [1.54, 1.807) is 25.2 Å². The summed E-state index contributed by atoms with van der Waals surface area (Å²) in [5.74, 6) is 3.16. The fourth-order valence-corrected chi connectivity index (χ4v) is 2.84. The van der Waals surface area contributed by atoms with E-state index in [0.29, 0.717) is 13.1 Å². The lowest BCUT2D eigenvalue weighted by Crippen LogP contribution is -2.40. The molecule has 1 N–H and O–H groups in total. The van der Waals surface area contributed by atoms with Gasteiger partial charge in [-0.05, 0) is 24.6 Å². The summed E-state index contributed by atoms with van der Waals surface area (Å²) in [4.78, 5) is 11.2. The molecule has 2 aromatic rings. The lowest BCUT2D eigenvalue weighted by atomic mass is 9.84. The number of guanidine groups is 1. The molecule has 8 heteroatoms. The average molecular weight is 389 g/mol. The Kier molecular flexibility index (Phi) is 7.25. The van der Waals surface area contributed by atoms with Crippen LogP contribution in [-0.2, 0) is 19.0 Å². The van der Waals surface area contributed by atoms with Gasteiger partial charge in [0.1, 0.15) is 12.2 Å². The van der Waals surface area contributed by atoms with Crippen LogP contribution < -0.4 is 14.8 Å². The first-order valence-electron chi connectivity index (χ1n) is 9.37. The molecule has 0 aliphatic carbocycles. The topological polar surface area (TPSA) is 76.8 Å². The molecule has 154 valence electrons. The Hall–Kier alpha value is -2.77. The molecule has 0 spiro atoms. The minimum absolute atomic E-state index is 0.175. The van der Waals surface area contributed by atoms with Crippen molar-refractivity contribution in [3.63, 3.8) is 0 Å². The zero-order chi connectivity index (χ0) is 20.7. The quantitative estimate of drug-likeness (QED) is 0.552. The van der Waals surface area contributed by atoms with E-state index in [-0.39, 0.29) is 5.41 Å². The number of hydrogen-bond donors (Lipinski definition) is 1. The molecule has 0 atom stereocenters. The van der Waals surface area contributed by atoms with Gasteiger partial charge >= 0.3 is 0 Å². The summed E-state index contributed by atoms with van der Waals surface area (Å²) in [6.07, 6.45) is 1.56. The first-order valence-corrected chi connectivity index (χ1v) is 9.37. The maximum Gasteiger partial charge on any atom is 0.194 e. The van der Waals surface area contributed by atoms with Crippen LogP contribution in [0.4, 0.5) is 0 Å². The number of methoxy groups -OCH3 is 2. The van der Waals surface area contributed by atoms with E-state index in [4.69, 9.17) is 14.5 Å². The molecular formula is C20H32N6O2. The summed E-state index contributed by atoms with van der Waals surface area (Å²) in [6, 6.07) is 6.02. The second-order valence-corrected chi connectivity index (χ2v) is 7.28. The number of aryl methyl sites for hydroxylation is 1. The van der Waals surface area contributed by atoms with Crippen molar-refractivity contribution < 1.29 is 9.47 Å². The van der Waals surface area contributed by atoms with E-state index in [1.165, 1.54) is 0 Å². The van der Waals surface area contributed by atoms with Crippen LogP contribution in [0.25, 0.3) is 0 Å². The number of nitrogens with one attached hydrogen (secondary N) is 1. The number of benzene rings is 1. The number of aliphatic imine (C=N–C) groups is 1. The van der Waals surface area contributed by atoms with Gasteiger partial charge in [-0.25, -0.2) is 4.98 Å². The largest absolute Gasteiger partial charge is 0.493 e. The lowest BCUT2D eigenvalue weighted by Gasteiger charge is -2.27. The van der Waals surface area contributed by atoms with Gasteiger partial charge in [0.15, 0.2) is 17.5 Å². The molecule has 0 radical (unpaired) electrons. The highest BCUT2D eigenvalue weighted by Crippen LogP contribution is 2.33. The van der Waals surface area contributed by atoms with Gasteiger partial charge in [0.05, 0.1) is 27.3 Å². The van der Waals surface area contributed by atoms with E-state index in [2.05, 4.69) is 47.1 Å². The summed E-state index contributed by atoms with van der Waals surface area (Å²) >= 11 is 0. The van der Waals surface area contributed by atoms with Crippen molar-refractivity contribution in [1.82, 2.24) is 25.0 Å². The number of nitrogens with zero attached hydrogens (tertiary/aromatic N) is 5.